The molecule has 0 aliphatic rings. The highest BCUT2D eigenvalue weighted by molar-refractivity contribution is 7.49. The summed E-state index contributed by atoms with van der Waals surface area (Å²) in [6, 6.07) is 0. The molecule has 0 aliphatic carbocycles. The molecular formula is C6H5O9P-4. The number of carbonyl (C=O) groups excluding carboxylic acids is 3. The second-order valence-electron chi connectivity index (χ2n) is 2.64. The van der Waals surface area contributed by atoms with Crippen molar-refractivity contribution in [3.05, 3.63) is 0 Å². The van der Waals surface area contributed by atoms with Gasteiger partial charge in [0.1, 0.15) is 6.10 Å². The molecule has 16 heavy (non-hydrogen) atoms. The van der Waals surface area contributed by atoms with Gasteiger partial charge in [0.25, 0.3) is 0 Å². The Hall–Kier alpha value is -1.44. The lowest BCUT2D eigenvalue weighted by atomic mass is 10.2. The zero-order valence-electron chi connectivity index (χ0n) is 7.61. The molecule has 0 N–H and O–H groups in total. The van der Waals surface area contributed by atoms with Crippen LogP contribution in [-0.2, 0) is 23.7 Å². The van der Waals surface area contributed by atoms with E-state index in [4.69, 9.17) is 0 Å². The summed E-state index contributed by atoms with van der Waals surface area (Å²) in [5.41, 5.74) is 0. The summed E-state index contributed by atoms with van der Waals surface area (Å²) in [4.78, 5) is 51.1. The van der Waals surface area contributed by atoms with E-state index < -0.39 is 44.2 Å². The standard InChI is InChI=1S/C6H9O9P/c7-4(8)1-3(6(10)11)15-5(9)2-16(12,13)14/h3H,1-2H2,(H,7,8)(H,10,11)(H2,12,13,14)/p-4. The Morgan fingerprint density at radius 3 is 2.00 bits per heavy atom. The molecule has 0 aromatic heterocycles. The van der Waals surface area contributed by atoms with E-state index in [1.54, 1.807) is 0 Å². The predicted molar refractivity (Wildman–Crippen MR) is 37.0 cm³/mol. The maximum atomic E-state index is 10.7. The average Bonchev–Trinajstić information content (AvgIpc) is 1.97. The molecule has 0 amide bonds. The smallest absolute Gasteiger partial charge is 0.311 e. The van der Waals surface area contributed by atoms with Gasteiger partial charge in [-0.05, 0) is 0 Å². The zero-order chi connectivity index (χ0) is 12.9. The van der Waals surface area contributed by atoms with E-state index in [9.17, 15) is 38.9 Å². The van der Waals surface area contributed by atoms with E-state index in [1.807, 2.05) is 0 Å². The van der Waals surface area contributed by atoms with Crippen LogP contribution < -0.4 is 20.0 Å². The fraction of sp³-hybridized carbons (Fsp3) is 0.500. The van der Waals surface area contributed by atoms with Crippen molar-refractivity contribution in [1.82, 2.24) is 0 Å². The monoisotopic (exact) mass is 252 g/mol. The Morgan fingerprint density at radius 2 is 1.69 bits per heavy atom. The minimum Gasteiger partial charge on any atom is -0.810 e. The summed E-state index contributed by atoms with van der Waals surface area (Å²) in [5.74, 6) is -5.54. The highest BCUT2D eigenvalue weighted by Gasteiger charge is 2.16. The van der Waals surface area contributed by atoms with Crippen LogP contribution in [0.5, 0.6) is 0 Å². The van der Waals surface area contributed by atoms with Crippen LogP contribution in [0.1, 0.15) is 6.42 Å². The molecule has 0 radical (unpaired) electrons. The minimum atomic E-state index is -5.19. The van der Waals surface area contributed by atoms with Crippen LogP contribution in [0, 0.1) is 0 Å². The number of carboxylic acids is 2. The Labute approximate surface area is 88.8 Å². The van der Waals surface area contributed by atoms with Crippen molar-refractivity contribution < 1.29 is 43.7 Å². The molecule has 1 unspecified atom stereocenters. The van der Waals surface area contributed by atoms with Crippen molar-refractivity contribution in [1.29, 1.82) is 0 Å². The van der Waals surface area contributed by atoms with Crippen LogP contribution in [0.15, 0.2) is 0 Å². The van der Waals surface area contributed by atoms with E-state index in [0.717, 1.165) is 0 Å². The summed E-state index contributed by atoms with van der Waals surface area (Å²) in [7, 11) is -5.19. The first-order chi connectivity index (χ1) is 7.11. The normalized spacial score (nSPS) is 12.9. The number of carboxylic acid groups (broad SMARTS) is 2. The lowest BCUT2D eigenvalue weighted by Gasteiger charge is -2.29. The van der Waals surface area contributed by atoms with Crippen LogP contribution >= 0.6 is 7.60 Å². The third-order valence-corrected chi connectivity index (χ3v) is 1.86. The second-order valence-corrected chi connectivity index (χ2v) is 4.18. The van der Waals surface area contributed by atoms with E-state index in [0.29, 0.717) is 0 Å². The number of esters is 1. The molecule has 9 nitrogen and oxygen atoms in total. The summed E-state index contributed by atoms with van der Waals surface area (Å²) < 4.78 is 14.0. The fourth-order valence-electron chi connectivity index (χ4n) is 0.679. The summed E-state index contributed by atoms with van der Waals surface area (Å²) >= 11 is 0. The van der Waals surface area contributed by atoms with Crippen molar-refractivity contribution >= 4 is 25.5 Å². The molecule has 0 aromatic rings. The fourth-order valence-corrected chi connectivity index (χ4v) is 1.07. The van der Waals surface area contributed by atoms with Gasteiger partial charge in [0.15, 0.2) is 0 Å². The summed E-state index contributed by atoms with van der Waals surface area (Å²) in [6.07, 6.45) is -4.95. The van der Waals surface area contributed by atoms with Crippen LogP contribution in [-0.4, -0.2) is 30.2 Å². The van der Waals surface area contributed by atoms with Crippen LogP contribution in [0.3, 0.4) is 0 Å². The van der Waals surface area contributed by atoms with Gasteiger partial charge in [-0.2, -0.15) is 0 Å². The lowest BCUT2D eigenvalue weighted by molar-refractivity contribution is -0.324. The quantitative estimate of drug-likeness (QED) is 0.330. The summed E-state index contributed by atoms with van der Waals surface area (Å²) in [6.45, 7) is 0. The minimum absolute atomic E-state index is 1.20. The number of hydrogen-bond acceptors (Lipinski definition) is 9. The molecule has 0 saturated carbocycles. The van der Waals surface area contributed by atoms with Gasteiger partial charge in [0, 0.05) is 12.4 Å². The second kappa shape index (κ2) is 5.59. The van der Waals surface area contributed by atoms with Crippen molar-refractivity contribution in [3.8, 4) is 0 Å². The SMILES string of the molecule is O=C([O-])CC(OC(=O)CP(=O)([O-])[O-])C(=O)[O-]. The van der Waals surface area contributed by atoms with Crippen molar-refractivity contribution in [2.45, 2.75) is 12.5 Å². The number of carbonyl (C=O) groups is 3. The molecule has 0 rings (SSSR count). The van der Waals surface area contributed by atoms with Crippen LogP contribution in [0.2, 0.25) is 0 Å². The molecule has 0 aliphatic heterocycles. The van der Waals surface area contributed by atoms with E-state index >= 15 is 0 Å². The average molecular weight is 252 g/mol. The molecule has 92 valence electrons. The summed E-state index contributed by atoms with van der Waals surface area (Å²) in [5, 5.41) is 20.2. The van der Waals surface area contributed by atoms with Gasteiger partial charge in [-0.1, -0.05) is 7.60 Å². The predicted octanol–water partition coefficient (Wildman–Crippen LogP) is -5.30. The van der Waals surface area contributed by atoms with E-state index in [-0.39, 0.29) is 0 Å². The maximum absolute atomic E-state index is 10.7. The van der Waals surface area contributed by atoms with Gasteiger partial charge >= 0.3 is 5.97 Å². The zero-order valence-corrected chi connectivity index (χ0v) is 8.51. The molecule has 0 spiro atoms. The van der Waals surface area contributed by atoms with Crippen molar-refractivity contribution in [2.24, 2.45) is 0 Å². The van der Waals surface area contributed by atoms with Gasteiger partial charge in [-0.25, -0.2) is 0 Å². The van der Waals surface area contributed by atoms with Gasteiger partial charge in [-0.3, -0.25) is 4.79 Å². The van der Waals surface area contributed by atoms with E-state index in [2.05, 4.69) is 4.74 Å². The van der Waals surface area contributed by atoms with Crippen LogP contribution in [0.4, 0.5) is 0 Å². The van der Waals surface area contributed by atoms with Gasteiger partial charge in [0.05, 0.1) is 12.1 Å². The number of hydrogen-bond donors (Lipinski definition) is 0. The first kappa shape index (κ1) is 14.6. The molecule has 0 saturated heterocycles. The number of ether oxygens (including phenoxy) is 1. The number of rotatable bonds is 6. The maximum Gasteiger partial charge on any atom is 0.311 e. The number of aliphatic carboxylic acids is 2. The van der Waals surface area contributed by atoms with Crippen LogP contribution in [0.25, 0.3) is 0 Å². The van der Waals surface area contributed by atoms with Crippen molar-refractivity contribution in [2.75, 3.05) is 6.16 Å². The largest absolute Gasteiger partial charge is 0.810 e. The first-order valence-corrected chi connectivity index (χ1v) is 5.46. The lowest BCUT2D eigenvalue weighted by Crippen LogP contribution is -2.43. The highest BCUT2D eigenvalue weighted by Crippen LogP contribution is 2.22. The van der Waals surface area contributed by atoms with Crippen molar-refractivity contribution in [3.63, 3.8) is 0 Å². The molecule has 10 heteroatoms. The topological polar surface area (TPSA) is 170 Å². The van der Waals surface area contributed by atoms with E-state index in [1.165, 1.54) is 0 Å². The van der Waals surface area contributed by atoms with Gasteiger partial charge in [-0.15, -0.1) is 0 Å². The molecule has 0 bridgehead atoms. The first-order valence-electron chi connectivity index (χ1n) is 3.73. The molecular weight excluding hydrogens is 247 g/mol. The highest BCUT2D eigenvalue weighted by atomic mass is 31.2. The Balaban J connectivity index is 4.41. The third-order valence-electron chi connectivity index (χ3n) is 1.21. The molecule has 0 aromatic carbocycles. The molecule has 1 atom stereocenters. The Morgan fingerprint density at radius 1 is 1.19 bits per heavy atom. The van der Waals surface area contributed by atoms with Gasteiger partial charge in [0.2, 0.25) is 0 Å². The molecule has 0 fully saturated rings. The third kappa shape index (κ3) is 6.93. The Bertz CT molecular complexity index is 342. The molecule has 0 heterocycles. The Kier molecular flexibility index (Phi) is 5.09. The van der Waals surface area contributed by atoms with Gasteiger partial charge < -0.3 is 38.9 Å².